The van der Waals surface area contributed by atoms with Crippen molar-refractivity contribution in [3.05, 3.63) is 41.1 Å². The van der Waals surface area contributed by atoms with Crippen molar-refractivity contribution in [1.82, 2.24) is 0 Å². The van der Waals surface area contributed by atoms with Gasteiger partial charge in [-0.05, 0) is 4.48 Å². The highest BCUT2D eigenvalue weighted by Gasteiger charge is 2.08. The summed E-state index contributed by atoms with van der Waals surface area (Å²) in [5.74, 6) is 0. The van der Waals surface area contributed by atoms with Crippen LogP contribution in [0.25, 0.3) is 0 Å². The molecule has 1 aromatic carbocycles. The standard InChI is InChI=1S/C8H10FNO/c1-10(9,11)7-8-5-3-2-4-6-8/h2-6H,7H2,1H3. The average molecular weight is 155 g/mol. The first-order valence-corrected chi connectivity index (χ1v) is 3.38. The lowest BCUT2D eigenvalue weighted by Crippen LogP contribution is -2.25. The Morgan fingerprint density at radius 3 is 2.36 bits per heavy atom. The summed E-state index contributed by atoms with van der Waals surface area (Å²) in [6, 6.07) is 8.86. The Balaban J connectivity index is 2.66. The number of quaternary nitrogens is 1. The quantitative estimate of drug-likeness (QED) is 0.473. The van der Waals surface area contributed by atoms with Gasteiger partial charge in [-0.3, -0.25) is 0 Å². The molecule has 1 atom stereocenters. The van der Waals surface area contributed by atoms with Gasteiger partial charge in [0, 0.05) is 5.56 Å². The van der Waals surface area contributed by atoms with Crippen LogP contribution < -0.4 is 0 Å². The Kier molecular flexibility index (Phi) is 2.22. The molecule has 0 fully saturated rings. The van der Waals surface area contributed by atoms with E-state index in [0.717, 1.165) is 7.05 Å². The SMILES string of the molecule is C[N+]([O-])(F)Cc1ccccc1. The second-order valence-corrected chi connectivity index (χ2v) is 2.63. The highest BCUT2D eigenvalue weighted by Crippen LogP contribution is 2.09. The van der Waals surface area contributed by atoms with E-state index in [4.69, 9.17) is 0 Å². The zero-order chi connectivity index (χ0) is 8.32. The number of rotatable bonds is 2. The fourth-order valence-electron chi connectivity index (χ4n) is 0.910. The van der Waals surface area contributed by atoms with Crippen molar-refractivity contribution in [3.63, 3.8) is 0 Å². The molecule has 3 heteroatoms. The Labute approximate surface area is 65.0 Å². The molecule has 60 valence electrons. The lowest BCUT2D eigenvalue weighted by atomic mass is 10.2. The number of hydroxylamine groups is 2. The van der Waals surface area contributed by atoms with Crippen LogP contribution >= 0.6 is 0 Å². The van der Waals surface area contributed by atoms with Crippen LogP contribution in [0.4, 0.5) is 4.48 Å². The van der Waals surface area contributed by atoms with E-state index >= 15 is 0 Å². The van der Waals surface area contributed by atoms with E-state index in [2.05, 4.69) is 0 Å². The summed E-state index contributed by atoms with van der Waals surface area (Å²) < 4.78 is 12.5. The van der Waals surface area contributed by atoms with Crippen molar-refractivity contribution in [2.24, 2.45) is 0 Å². The summed E-state index contributed by atoms with van der Waals surface area (Å²) in [5.41, 5.74) is 0.715. The van der Waals surface area contributed by atoms with Gasteiger partial charge in [-0.2, -0.15) is 4.87 Å². The van der Waals surface area contributed by atoms with Crippen molar-refractivity contribution in [3.8, 4) is 0 Å². The molecule has 1 aromatic rings. The summed E-state index contributed by atoms with van der Waals surface area (Å²) in [4.78, 5) is -1.76. The number of hydrogen-bond acceptors (Lipinski definition) is 1. The zero-order valence-electron chi connectivity index (χ0n) is 6.33. The second-order valence-electron chi connectivity index (χ2n) is 2.63. The molecule has 0 aliphatic heterocycles. The molecule has 0 amide bonds. The van der Waals surface area contributed by atoms with Crippen molar-refractivity contribution in [2.45, 2.75) is 6.54 Å². The summed E-state index contributed by atoms with van der Waals surface area (Å²) in [5, 5.41) is 10.5. The highest BCUT2D eigenvalue weighted by molar-refractivity contribution is 5.13. The number of halogens is 1. The smallest absolute Gasteiger partial charge is 0.140 e. The lowest BCUT2D eigenvalue weighted by Gasteiger charge is -2.23. The second kappa shape index (κ2) is 2.98. The monoisotopic (exact) mass is 155 g/mol. The van der Waals surface area contributed by atoms with E-state index in [-0.39, 0.29) is 6.54 Å². The largest absolute Gasteiger partial charge is 0.593 e. The predicted molar refractivity (Wildman–Crippen MR) is 40.8 cm³/mol. The third kappa shape index (κ3) is 3.11. The van der Waals surface area contributed by atoms with Gasteiger partial charge in [0.05, 0.1) is 0 Å². The molecule has 0 bridgehead atoms. The molecule has 11 heavy (non-hydrogen) atoms. The predicted octanol–water partition coefficient (Wildman–Crippen LogP) is 2.02. The molecule has 1 rings (SSSR count). The molecular formula is C8H10FNO. The van der Waals surface area contributed by atoms with E-state index in [1.165, 1.54) is 0 Å². The normalized spacial score (nSPS) is 15.9. The molecule has 2 nitrogen and oxygen atoms in total. The maximum Gasteiger partial charge on any atom is 0.140 e. The Morgan fingerprint density at radius 1 is 1.36 bits per heavy atom. The van der Waals surface area contributed by atoms with Crippen molar-refractivity contribution in [2.75, 3.05) is 7.05 Å². The summed E-state index contributed by atoms with van der Waals surface area (Å²) in [7, 11) is 0.979. The van der Waals surface area contributed by atoms with Crippen molar-refractivity contribution in [1.29, 1.82) is 0 Å². The molecule has 0 aliphatic rings. The average Bonchev–Trinajstić information content (AvgIpc) is 1.85. The minimum Gasteiger partial charge on any atom is -0.593 e. The van der Waals surface area contributed by atoms with Crippen LogP contribution in [0.3, 0.4) is 0 Å². The van der Waals surface area contributed by atoms with E-state index in [9.17, 15) is 9.69 Å². The molecule has 0 saturated carbocycles. The third-order valence-corrected chi connectivity index (χ3v) is 1.31. The first kappa shape index (κ1) is 8.17. The first-order valence-electron chi connectivity index (χ1n) is 3.38. The Bertz CT molecular complexity index is 217. The van der Waals surface area contributed by atoms with Gasteiger partial charge in [0.15, 0.2) is 0 Å². The summed E-state index contributed by atoms with van der Waals surface area (Å²) in [6.07, 6.45) is 0. The Morgan fingerprint density at radius 2 is 1.91 bits per heavy atom. The van der Waals surface area contributed by atoms with Gasteiger partial charge >= 0.3 is 0 Å². The van der Waals surface area contributed by atoms with E-state index in [1.54, 1.807) is 24.3 Å². The van der Waals surface area contributed by atoms with Crippen LogP contribution in [0.15, 0.2) is 30.3 Å². The van der Waals surface area contributed by atoms with Gasteiger partial charge in [0.2, 0.25) is 0 Å². The van der Waals surface area contributed by atoms with Gasteiger partial charge in [0.1, 0.15) is 13.6 Å². The van der Waals surface area contributed by atoms with Crippen LogP contribution in [0, 0.1) is 5.21 Å². The number of nitrogens with zero attached hydrogens (tertiary/aromatic N) is 1. The molecule has 0 radical (unpaired) electrons. The molecule has 0 aliphatic carbocycles. The van der Waals surface area contributed by atoms with Crippen LogP contribution in [0.1, 0.15) is 5.56 Å². The topological polar surface area (TPSA) is 23.1 Å². The summed E-state index contributed by atoms with van der Waals surface area (Å²) >= 11 is 0. The van der Waals surface area contributed by atoms with Gasteiger partial charge in [-0.15, -0.1) is 0 Å². The van der Waals surface area contributed by atoms with Gasteiger partial charge in [0.25, 0.3) is 0 Å². The number of benzene rings is 1. The zero-order valence-corrected chi connectivity index (χ0v) is 6.33. The molecule has 1 unspecified atom stereocenters. The lowest BCUT2D eigenvalue weighted by molar-refractivity contribution is -1.01. The molecular weight excluding hydrogens is 145 g/mol. The van der Waals surface area contributed by atoms with E-state index in [0.29, 0.717) is 5.56 Å². The summed E-state index contributed by atoms with van der Waals surface area (Å²) in [6.45, 7) is -0.124. The fourth-order valence-corrected chi connectivity index (χ4v) is 0.910. The number of hydrogen-bond donors (Lipinski definition) is 0. The molecule has 0 saturated heterocycles. The first-order chi connectivity index (χ1) is 5.08. The molecule has 0 spiro atoms. The van der Waals surface area contributed by atoms with Crippen LogP contribution in [-0.4, -0.2) is 11.9 Å². The highest BCUT2D eigenvalue weighted by atomic mass is 19.2. The van der Waals surface area contributed by atoms with Crippen molar-refractivity contribution < 1.29 is 9.35 Å². The van der Waals surface area contributed by atoms with Crippen molar-refractivity contribution >= 4 is 0 Å². The minimum atomic E-state index is -1.76. The van der Waals surface area contributed by atoms with E-state index in [1.807, 2.05) is 6.07 Å². The maximum atomic E-state index is 12.5. The van der Waals surface area contributed by atoms with Gasteiger partial charge in [-0.1, -0.05) is 30.3 Å². The molecule has 0 N–H and O–H groups in total. The van der Waals surface area contributed by atoms with Crippen LogP contribution in [-0.2, 0) is 6.54 Å². The Hall–Kier alpha value is -0.930. The van der Waals surface area contributed by atoms with Gasteiger partial charge in [-0.25, -0.2) is 0 Å². The maximum absolute atomic E-state index is 12.5. The van der Waals surface area contributed by atoms with Crippen LogP contribution in [0.5, 0.6) is 0 Å². The van der Waals surface area contributed by atoms with Gasteiger partial charge < -0.3 is 5.21 Å². The minimum absolute atomic E-state index is 0.124. The fraction of sp³-hybridized carbons (Fsp3) is 0.250. The molecule has 0 heterocycles. The third-order valence-electron chi connectivity index (χ3n) is 1.31. The molecule has 0 aromatic heterocycles. The van der Waals surface area contributed by atoms with Crippen LogP contribution in [0.2, 0.25) is 0 Å². The van der Waals surface area contributed by atoms with E-state index < -0.39 is 4.87 Å².